The summed E-state index contributed by atoms with van der Waals surface area (Å²) < 4.78 is 0. The van der Waals surface area contributed by atoms with Gasteiger partial charge >= 0.3 is 0 Å². The van der Waals surface area contributed by atoms with Crippen LogP contribution in [0.2, 0.25) is 0 Å². The summed E-state index contributed by atoms with van der Waals surface area (Å²) in [7, 11) is 0. The van der Waals surface area contributed by atoms with Crippen molar-refractivity contribution in [3.05, 3.63) is 0 Å². The Kier molecular flexibility index (Phi) is 2.97. The van der Waals surface area contributed by atoms with Crippen molar-refractivity contribution < 1.29 is 0 Å². The standard InChI is InChI=1S/C14H26N2/c1-9(11-4-5-11)14(16-15)8-13-7-10-2-3-12(13)6-10/h9-14,16H,2-8,15H2,1H3. The lowest BCUT2D eigenvalue weighted by atomic mass is 9.81. The molecule has 5 unspecified atom stereocenters. The second kappa shape index (κ2) is 4.30. The van der Waals surface area contributed by atoms with Crippen molar-refractivity contribution in [2.45, 2.75) is 57.9 Å². The van der Waals surface area contributed by atoms with Crippen molar-refractivity contribution in [1.82, 2.24) is 5.43 Å². The van der Waals surface area contributed by atoms with E-state index in [2.05, 4.69) is 12.3 Å². The fourth-order valence-corrected chi connectivity index (χ4v) is 4.38. The van der Waals surface area contributed by atoms with Crippen molar-refractivity contribution in [2.24, 2.45) is 35.4 Å². The molecule has 0 heterocycles. The van der Waals surface area contributed by atoms with E-state index in [-0.39, 0.29) is 0 Å². The van der Waals surface area contributed by atoms with Gasteiger partial charge < -0.3 is 0 Å². The molecule has 5 atom stereocenters. The van der Waals surface area contributed by atoms with E-state index in [0.29, 0.717) is 6.04 Å². The third-order valence-corrected chi connectivity index (χ3v) is 5.66. The molecule has 0 saturated heterocycles. The van der Waals surface area contributed by atoms with Crippen LogP contribution in [0.4, 0.5) is 0 Å². The highest BCUT2D eigenvalue weighted by molar-refractivity contribution is 4.94. The average molecular weight is 222 g/mol. The minimum Gasteiger partial charge on any atom is -0.271 e. The van der Waals surface area contributed by atoms with Crippen LogP contribution in [0, 0.1) is 29.6 Å². The Morgan fingerprint density at radius 3 is 2.50 bits per heavy atom. The molecule has 92 valence electrons. The molecule has 0 aromatic rings. The molecule has 3 saturated carbocycles. The molecule has 3 fully saturated rings. The zero-order valence-electron chi connectivity index (χ0n) is 10.5. The van der Waals surface area contributed by atoms with Crippen LogP contribution in [0.1, 0.15) is 51.9 Å². The van der Waals surface area contributed by atoms with Crippen LogP contribution >= 0.6 is 0 Å². The first-order valence-corrected chi connectivity index (χ1v) is 7.24. The summed E-state index contributed by atoms with van der Waals surface area (Å²) in [4.78, 5) is 0. The van der Waals surface area contributed by atoms with Gasteiger partial charge in [-0.2, -0.15) is 0 Å². The van der Waals surface area contributed by atoms with Crippen LogP contribution in [0.3, 0.4) is 0 Å². The third kappa shape index (κ3) is 2.02. The molecule has 0 aromatic carbocycles. The number of hydrazine groups is 1. The van der Waals surface area contributed by atoms with E-state index in [1.807, 2.05) is 0 Å². The predicted octanol–water partition coefficient (Wildman–Crippen LogP) is 2.69. The summed E-state index contributed by atoms with van der Waals surface area (Å²) >= 11 is 0. The molecular weight excluding hydrogens is 196 g/mol. The van der Waals surface area contributed by atoms with Gasteiger partial charge in [0.25, 0.3) is 0 Å². The fourth-order valence-electron chi connectivity index (χ4n) is 4.38. The first-order valence-electron chi connectivity index (χ1n) is 7.24. The number of nitrogens with one attached hydrogen (secondary N) is 1. The molecule has 0 spiro atoms. The number of nitrogens with two attached hydrogens (primary N) is 1. The van der Waals surface area contributed by atoms with Crippen LogP contribution in [0.15, 0.2) is 0 Å². The van der Waals surface area contributed by atoms with E-state index in [4.69, 9.17) is 5.84 Å². The third-order valence-electron chi connectivity index (χ3n) is 5.66. The summed E-state index contributed by atoms with van der Waals surface area (Å²) in [5.74, 6) is 10.6. The molecule has 2 heteroatoms. The molecule has 3 aliphatic carbocycles. The Morgan fingerprint density at radius 1 is 1.19 bits per heavy atom. The quantitative estimate of drug-likeness (QED) is 0.554. The van der Waals surface area contributed by atoms with Crippen LogP contribution in [0.5, 0.6) is 0 Å². The predicted molar refractivity (Wildman–Crippen MR) is 66.6 cm³/mol. The Bertz CT molecular complexity index is 249. The molecule has 0 aliphatic heterocycles. The van der Waals surface area contributed by atoms with Gasteiger partial charge in [-0.15, -0.1) is 0 Å². The molecule has 0 amide bonds. The van der Waals surface area contributed by atoms with Gasteiger partial charge in [0.1, 0.15) is 0 Å². The van der Waals surface area contributed by atoms with Crippen LogP contribution in [0.25, 0.3) is 0 Å². The zero-order valence-corrected chi connectivity index (χ0v) is 10.5. The lowest BCUT2D eigenvalue weighted by Crippen LogP contribution is -2.42. The largest absolute Gasteiger partial charge is 0.271 e. The van der Waals surface area contributed by atoms with Crippen molar-refractivity contribution in [3.63, 3.8) is 0 Å². The maximum absolute atomic E-state index is 5.77. The highest BCUT2D eigenvalue weighted by atomic mass is 15.2. The van der Waals surface area contributed by atoms with Gasteiger partial charge in [0, 0.05) is 6.04 Å². The SMILES string of the molecule is CC(C1CC1)C(CC1CC2CCC1C2)NN. The summed E-state index contributed by atoms with van der Waals surface area (Å²) in [5, 5.41) is 0. The van der Waals surface area contributed by atoms with Gasteiger partial charge in [-0.1, -0.05) is 13.3 Å². The number of hydrogen-bond donors (Lipinski definition) is 2. The van der Waals surface area contributed by atoms with Crippen molar-refractivity contribution >= 4 is 0 Å². The lowest BCUT2D eigenvalue weighted by Gasteiger charge is -2.30. The van der Waals surface area contributed by atoms with Gasteiger partial charge in [-0.3, -0.25) is 11.3 Å². The highest BCUT2D eigenvalue weighted by Gasteiger charge is 2.42. The molecule has 2 bridgehead atoms. The van der Waals surface area contributed by atoms with E-state index in [9.17, 15) is 0 Å². The maximum atomic E-state index is 5.77. The van der Waals surface area contributed by atoms with Crippen LogP contribution in [-0.2, 0) is 0 Å². The minimum absolute atomic E-state index is 0.580. The summed E-state index contributed by atoms with van der Waals surface area (Å²) in [6.07, 6.45) is 10.3. The summed E-state index contributed by atoms with van der Waals surface area (Å²) in [5.41, 5.74) is 3.11. The van der Waals surface area contributed by atoms with E-state index >= 15 is 0 Å². The van der Waals surface area contributed by atoms with Crippen LogP contribution < -0.4 is 11.3 Å². The molecule has 2 nitrogen and oxygen atoms in total. The highest BCUT2D eigenvalue weighted by Crippen LogP contribution is 2.51. The van der Waals surface area contributed by atoms with Crippen LogP contribution in [-0.4, -0.2) is 6.04 Å². The maximum Gasteiger partial charge on any atom is 0.0241 e. The van der Waals surface area contributed by atoms with Crippen molar-refractivity contribution in [3.8, 4) is 0 Å². The Morgan fingerprint density at radius 2 is 2.00 bits per heavy atom. The first-order chi connectivity index (χ1) is 7.78. The first kappa shape index (κ1) is 11.0. The van der Waals surface area contributed by atoms with E-state index in [1.54, 1.807) is 0 Å². The fraction of sp³-hybridized carbons (Fsp3) is 1.00. The normalized spacial score (nSPS) is 41.2. The smallest absolute Gasteiger partial charge is 0.0241 e. The van der Waals surface area contributed by atoms with Gasteiger partial charge in [0.05, 0.1) is 0 Å². The second-order valence-corrected chi connectivity index (χ2v) is 6.64. The molecule has 3 N–H and O–H groups in total. The summed E-state index contributed by atoms with van der Waals surface area (Å²) in [6, 6.07) is 0.580. The van der Waals surface area contributed by atoms with Crippen molar-refractivity contribution in [2.75, 3.05) is 0 Å². The molecule has 3 rings (SSSR count). The van der Waals surface area contributed by atoms with Gasteiger partial charge in [0.15, 0.2) is 0 Å². The molecule has 3 aliphatic rings. The molecule has 0 radical (unpaired) electrons. The molecular formula is C14H26N2. The zero-order chi connectivity index (χ0) is 11.1. The van der Waals surface area contributed by atoms with E-state index in [0.717, 1.165) is 29.6 Å². The van der Waals surface area contributed by atoms with Gasteiger partial charge in [-0.05, 0) is 68.1 Å². The monoisotopic (exact) mass is 222 g/mol. The van der Waals surface area contributed by atoms with Gasteiger partial charge in [0.2, 0.25) is 0 Å². The Balaban J connectivity index is 1.55. The Labute approximate surface area is 99.3 Å². The lowest BCUT2D eigenvalue weighted by molar-refractivity contribution is 0.232. The number of fused-ring (bicyclic) bond motifs is 2. The van der Waals surface area contributed by atoms with Gasteiger partial charge in [-0.25, -0.2) is 0 Å². The molecule has 16 heavy (non-hydrogen) atoms. The van der Waals surface area contributed by atoms with E-state index in [1.165, 1.54) is 44.9 Å². The molecule has 0 aromatic heterocycles. The van der Waals surface area contributed by atoms with E-state index < -0.39 is 0 Å². The topological polar surface area (TPSA) is 38.0 Å². The second-order valence-electron chi connectivity index (χ2n) is 6.64. The Hall–Kier alpha value is -0.0800. The average Bonchev–Trinajstić information content (AvgIpc) is 2.95. The number of hydrogen-bond acceptors (Lipinski definition) is 2. The number of rotatable bonds is 5. The summed E-state index contributed by atoms with van der Waals surface area (Å²) in [6.45, 7) is 2.40. The van der Waals surface area contributed by atoms with Crippen molar-refractivity contribution in [1.29, 1.82) is 0 Å². The minimum atomic E-state index is 0.580.